The van der Waals surface area contributed by atoms with Crippen LogP contribution in [0.15, 0.2) is 24.3 Å². The quantitative estimate of drug-likeness (QED) is 0.834. The van der Waals surface area contributed by atoms with E-state index >= 15 is 0 Å². The first kappa shape index (κ1) is 13.3. The van der Waals surface area contributed by atoms with Crippen molar-refractivity contribution in [1.29, 1.82) is 5.26 Å². The van der Waals surface area contributed by atoms with Crippen molar-refractivity contribution in [3.8, 4) is 11.8 Å². The molecular weight excluding hydrogens is 244 g/mol. The minimum absolute atomic E-state index is 0.647. The van der Waals surface area contributed by atoms with Crippen molar-refractivity contribution in [3.05, 3.63) is 29.8 Å². The third kappa shape index (κ3) is 3.66. The summed E-state index contributed by atoms with van der Waals surface area (Å²) in [6.45, 7) is 5.11. The van der Waals surface area contributed by atoms with Crippen molar-refractivity contribution in [2.75, 3.05) is 31.2 Å². The molecule has 1 fully saturated rings. The Morgan fingerprint density at radius 3 is 2.89 bits per heavy atom. The molecule has 18 heavy (non-hydrogen) atoms. The highest BCUT2D eigenvalue weighted by molar-refractivity contribution is 7.99. The Hall–Kier alpha value is -1.18. The van der Waals surface area contributed by atoms with Crippen LogP contribution in [0.3, 0.4) is 0 Å². The average molecular weight is 262 g/mol. The Morgan fingerprint density at radius 1 is 1.44 bits per heavy atom. The van der Waals surface area contributed by atoms with Gasteiger partial charge >= 0.3 is 0 Å². The number of hydrogen-bond acceptors (Lipinski definition) is 4. The van der Waals surface area contributed by atoms with E-state index < -0.39 is 0 Å². The first-order valence-electron chi connectivity index (χ1n) is 6.24. The number of rotatable bonds is 4. The number of nitrogens with zero attached hydrogens (tertiary/aromatic N) is 2. The van der Waals surface area contributed by atoms with Crippen molar-refractivity contribution in [1.82, 2.24) is 4.90 Å². The predicted octanol–water partition coefficient (Wildman–Crippen LogP) is 2.37. The maximum Gasteiger partial charge on any atom is 0.119 e. The van der Waals surface area contributed by atoms with Crippen molar-refractivity contribution < 1.29 is 4.74 Å². The highest BCUT2D eigenvalue weighted by Gasteiger charge is 2.17. The van der Waals surface area contributed by atoms with E-state index in [1.54, 1.807) is 12.1 Å². The van der Waals surface area contributed by atoms with Crippen LogP contribution in [-0.2, 0) is 0 Å². The molecule has 1 aromatic carbocycles. The van der Waals surface area contributed by atoms with E-state index in [1.165, 1.54) is 11.5 Å². The summed E-state index contributed by atoms with van der Waals surface area (Å²) in [6.07, 6.45) is 0. The molecule has 1 aliphatic rings. The van der Waals surface area contributed by atoms with Crippen LogP contribution in [0.4, 0.5) is 0 Å². The number of hydrogen-bond donors (Lipinski definition) is 0. The lowest BCUT2D eigenvalue weighted by Gasteiger charge is -2.32. The second-order valence-electron chi connectivity index (χ2n) is 4.44. The molecule has 96 valence electrons. The Balaban J connectivity index is 1.75. The predicted molar refractivity (Wildman–Crippen MR) is 75.0 cm³/mol. The number of thioether (sulfide) groups is 1. The van der Waals surface area contributed by atoms with Gasteiger partial charge in [-0.3, -0.25) is 4.90 Å². The van der Waals surface area contributed by atoms with Gasteiger partial charge in [-0.15, -0.1) is 0 Å². The molecule has 1 unspecified atom stereocenters. The molecule has 1 heterocycles. The molecule has 0 aliphatic carbocycles. The van der Waals surface area contributed by atoms with Crippen molar-refractivity contribution in [2.24, 2.45) is 0 Å². The largest absolute Gasteiger partial charge is 0.492 e. The van der Waals surface area contributed by atoms with Gasteiger partial charge in [0.1, 0.15) is 12.4 Å². The molecule has 3 nitrogen and oxygen atoms in total. The first-order chi connectivity index (χ1) is 8.79. The standard InChI is InChI=1S/C14H18N2OS/c1-12-11-18-9-7-16(12)6-8-17-14-4-2-13(10-15)3-5-14/h2-5,12H,6-9,11H2,1H3. The number of benzene rings is 1. The fourth-order valence-corrected chi connectivity index (χ4v) is 3.08. The van der Waals surface area contributed by atoms with E-state index in [2.05, 4.69) is 17.9 Å². The molecule has 0 saturated carbocycles. The Morgan fingerprint density at radius 2 is 2.22 bits per heavy atom. The SMILES string of the molecule is CC1CSCCN1CCOc1ccc(C#N)cc1. The first-order valence-corrected chi connectivity index (χ1v) is 7.40. The molecule has 0 aromatic heterocycles. The summed E-state index contributed by atoms with van der Waals surface area (Å²) < 4.78 is 5.70. The van der Waals surface area contributed by atoms with Gasteiger partial charge in [-0.05, 0) is 31.2 Å². The molecule has 1 saturated heterocycles. The molecule has 0 spiro atoms. The Bertz CT molecular complexity index is 413. The zero-order valence-electron chi connectivity index (χ0n) is 10.6. The average Bonchev–Trinajstić information content (AvgIpc) is 2.42. The minimum Gasteiger partial charge on any atom is -0.492 e. The molecule has 1 aromatic rings. The number of nitriles is 1. The third-order valence-electron chi connectivity index (χ3n) is 3.14. The van der Waals surface area contributed by atoms with Crippen LogP contribution in [0.2, 0.25) is 0 Å². The van der Waals surface area contributed by atoms with Gasteiger partial charge in [0.15, 0.2) is 0 Å². The lowest BCUT2D eigenvalue weighted by Crippen LogP contribution is -2.42. The van der Waals surface area contributed by atoms with Gasteiger partial charge in [0.25, 0.3) is 0 Å². The highest BCUT2D eigenvalue weighted by Crippen LogP contribution is 2.16. The minimum atomic E-state index is 0.647. The van der Waals surface area contributed by atoms with Gasteiger partial charge in [0, 0.05) is 30.6 Å². The van der Waals surface area contributed by atoms with Crippen LogP contribution in [0.5, 0.6) is 5.75 Å². The lowest BCUT2D eigenvalue weighted by atomic mass is 10.2. The second kappa shape index (κ2) is 6.67. The molecule has 0 amide bonds. The normalized spacial score (nSPS) is 20.3. The Kier molecular flexibility index (Phi) is 4.91. The Labute approximate surface area is 113 Å². The summed E-state index contributed by atoms with van der Waals surface area (Å²) >= 11 is 2.03. The van der Waals surface area contributed by atoms with Gasteiger partial charge in [0.2, 0.25) is 0 Å². The zero-order valence-corrected chi connectivity index (χ0v) is 11.4. The van der Waals surface area contributed by atoms with E-state index in [-0.39, 0.29) is 0 Å². The van der Waals surface area contributed by atoms with Gasteiger partial charge in [-0.1, -0.05) is 0 Å². The number of ether oxygens (including phenoxy) is 1. The molecule has 1 aliphatic heterocycles. The molecular formula is C14H18N2OS. The summed E-state index contributed by atoms with van der Waals surface area (Å²) in [6, 6.07) is 10.0. The highest BCUT2D eigenvalue weighted by atomic mass is 32.2. The van der Waals surface area contributed by atoms with Crippen LogP contribution < -0.4 is 4.74 Å². The van der Waals surface area contributed by atoms with Crippen molar-refractivity contribution in [3.63, 3.8) is 0 Å². The van der Waals surface area contributed by atoms with Crippen LogP contribution in [0.1, 0.15) is 12.5 Å². The second-order valence-corrected chi connectivity index (χ2v) is 5.59. The summed E-state index contributed by atoms with van der Waals surface area (Å²) in [5.74, 6) is 3.28. The van der Waals surface area contributed by atoms with E-state index in [1.807, 2.05) is 23.9 Å². The smallest absolute Gasteiger partial charge is 0.119 e. The van der Waals surface area contributed by atoms with Gasteiger partial charge in [-0.2, -0.15) is 17.0 Å². The van der Waals surface area contributed by atoms with Crippen LogP contribution in [0, 0.1) is 11.3 Å². The molecule has 4 heteroatoms. The zero-order chi connectivity index (χ0) is 12.8. The lowest BCUT2D eigenvalue weighted by molar-refractivity contribution is 0.183. The van der Waals surface area contributed by atoms with E-state index in [0.717, 1.165) is 18.8 Å². The molecule has 0 bridgehead atoms. The molecule has 1 atom stereocenters. The maximum atomic E-state index is 8.70. The summed E-state index contributed by atoms with van der Waals surface area (Å²) in [5, 5.41) is 8.70. The van der Waals surface area contributed by atoms with Crippen LogP contribution in [0.25, 0.3) is 0 Å². The van der Waals surface area contributed by atoms with Gasteiger partial charge in [-0.25, -0.2) is 0 Å². The van der Waals surface area contributed by atoms with Crippen molar-refractivity contribution >= 4 is 11.8 Å². The fraction of sp³-hybridized carbons (Fsp3) is 0.500. The van der Waals surface area contributed by atoms with Gasteiger partial charge in [0.05, 0.1) is 11.6 Å². The monoisotopic (exact) mass is 262 g/mol. The van der Waals surface area contributed by atoms with E-state index in [9.17, 15) is 0 Å². The van der Waals surface area contributed by atoms with Gasteiger partial charge < -0.3 is 4.74 Å². The fourth-order valence-electron chi connectivity index (χ4n) is 2.00. The molecule has 0 radical (unpaired) electrons. The summed E-state index contributed by atoms with van der Waals surface area (Å²) in [5.41, 5.74) is 0.670. The van der Waals surface area contributed by atoms with E-state index in [0.29, 0.717) is 18.2 Å². The van der Waals surface area contributed by atoms with Crippen LogP contribution >= 0.6 is 11.8 Å². The third-order valence-corrected chi connectivity index (χ3v) is 4.33. The molecule has 0 N–H and O–H groups in total. The maximum absolute atomic E-state index is 8.70. The topological polar surface area (TPSA) is 36.3 Å². The van der Waals surface area contributed by atoms with E-state index in [4.69, 9.17) is 10.00 Å². The summed E-state index contributed by atoms with van der Waals surface area (Å²) in [7, 11) is 0. The van der Waals surface area contributed by atoms with Crippen LogP contribution in [-0.4, -0.2) is 42.1 Å². The van der Waals surface area contributed by atoms with Crippen molar-refractivity contribution in [2.45, 2.75) is 13.0 Å². The summed E-state index contributed by atoms with van der Waals surface area (Å²) in [4.78, 5) is 2.47. The molecule has 2 rings (SSSR count).